The highest BCUT2D eigenvalue weighted by atomic mass is 16.2. The van der Waals surface area contributed by atoms with Crippen molar-refractivity contribution in [3.05, 3.63) is 0 Å². The molecule has 1 aliphatic carbocycles. The van der Waals surface area contributed by atoms with Crippen LogP contribution < -0.4 is 5.73 Å². The number of hydrogen-bond acceptors (Lipinski definition) is 2. The van der Waals surface area contributed by atoms with Gasteiger partial charge in [0.2, 0.25) is 5.91 Å². The standard InChI is InChI=1S/C13H24N2O/c1-9(2)10(3)12(16)15-6-4-5-11-7-13(11,15)8-14/h9-11H,4-8,14H2,1-3H3. The summed E-state index contributed by atoms with van der Waals surface area (Å²) in [6.45, 7) is 7.85. The van der Waals surface area contributed by atoms with E-state index in [1.807, 2.05) is 6.92 Å². The van der Waals surface area contributed by atoms with E-state index in [2.05, 4.69) is 18.7 Å². The van der Waals surface area contributed by atoms with Crippen LogP contribution in [-0.4, -0.2) is 29.4 Å². The molecule has 2 fully saturated rings. The van der Waals surface area contributed by atoms with Crippen molar-refractivity contribution in [1.82, 2.24) is 4.90 Å². The van der Waals surface area contributed by atoms with E-state index in [0.29, 0.717) is 24.3 Å². The van der Waals surface area contributed by atoms with Gasteiger partial charge in [-0.1, -0.05) is 20.8 Å². The van der Waals surface area contributed by atoms with E-state index in [9.17, 15) is 4.79 Å². The molecule has 3 atom stereocenters. The average molecular weight is 224 g/mol. The van der Waals surface area contributed by atoms with Crippen molar-refractivity contribution < 1.29 is 4.79 Å². The minimum absolute atomic E-state index is 0.0541. The fourth-order valence-corrected chi connectivity index (χ4v) is 3.01. The van der Waals surface area contributed by atoms with Gasteiger partial charge >= 0.3 is 0 Å². The van der Waals surface area contributed by atoms with Crippen LogP contribution in [0.5, 0.6) is 0 Å². The number of nitrogens with zero attached hydrogens (tertiary/aromatic N) is 1. The first-order chi connectivity index (χ1) is 7.53. The fraction of sp³-hybridized carbons (Fsp3) is 0.923. The molecule has 92 valence electrons. The van der Waals surface area contributed by atoms with Crippen molar-refractivity contribution in [3.63, 3.8) is 0 Å². The average Bonchev–Trinajstić information content (AvgIpc) is 3.01. The molecule has 1 aliphatic heterocycles. The second kappa shape index (κ2) is 4.02. The molecule has 0 radical (unpaired) electrons. The summed E-state index contributed by atoms with van der Waals surface area (Å²) in [5, 5.41) is 0. The summed E-state index contributed by atoms with van der Waals surface area (Å²) in [5.74, 6) is 1.56. The van der Waals surface area contributed by atoms with Crippen molar-refractivity contribution in [3.8, 4) is 0 Å². The first-order valence-electron chi connectivity index (χ1n) is 6.54. The summed E-state index contributed by atoms with van der Waals surface area (Å²) in [6, 6.07) is 0. The molecule has 0 bridgehead atoms. The van der Waals surface area contributed by atoms with Crippen LogP contribution in [0.2, 0.25) is 0 Å². The maximum atomic E-state index is 12.4. The molecule has 1 saturated heterocycles. The highest BCUT2D eigenvalue weighted by molar-refractivity contribution is 5.80. The van der Waals surface area contributed by atoms with Crippen LogP contribution in [0.1, 0.15) is 40.0 Å². The molecule has 0 aromatic carbocycles. The van der Waals surface area contributed by atoms with Crippen LogP contribution in [0, 0.1) is 17.8 Å². The second-order valence-electron chi connectivity index (χ2n) is 5.87. The number of nitrogens with two attached hydrogens (primary N) is 1. The van der Waals surface area contributed by atoms with Crippen molar-refractivity contribution in [1.29, 1.82) is 0 Å². The van der Waals surface area contributed by atoms with Crippen molar-refractivity contribution >= 4 is 5.91 Å². The van der Waals surface area contributed by atoms with Gasteiger partial charge in [-0.2, -0.15) is 0 Å². The monoisotopic (exact) mass is 224 g/mol. The third-order valence-electron chi connectivity index (χ3n) is 4.68. The Kier molecular flexibility index (Phi) is 2.99. The van der Waals surface area contributed by atoms with Gasteiger partial charge in [-0.25, -0.2) is 0 Å². The zero-order valence-electron chi connectivity index (χ0n) is 10.7. The minimum atomic E-state index is 0.0541. The van der Waals surface area contributed by atoms with E-state index >= 15 is 0 Å². The summed E-state index contributed by atoms with van der Waals surface area (Å²) in [6.07, 6.45) is 3.56. The Morgan fingerprint density at radius 3 is 2.75 bits per heavy atom. The number of hydrogen-bond donors (Lipinski definition) is 1. The molecule has 3 unspecified atom stereocenters. The van der Waals surface area contributed by atoms with Crippen molar-refractivity contribution in [2.24, 2.45) is 23.5 Å². The number of likely N-dealkylation sites (tertiary alicyclic amines) is 1. The quantitative estimate of drug-likeness (QED) is 0.792. The van der Waals surface area contributed by atoms with Crippen molar-refractivity contribution in [2.45, 2.75) is 45.6 Å². The lowest BCUT2D eigenvalue weighted by molar-refractivity contribution is -0.140. The van der Waals surface area contributed by atoms with E-state index < -0.39 is 0 Å². The summed E-state index contributed by atoms with van der Waals surface area (Å²) in [5.41, 5.74) is 5.94. The van der Waals surface area contributed by atoms with E-state index in [0.717, 1.165) is 19.4 Å². The van der Waals surface area contributed by atoms with E-state index in [1.54, 1.807) is 0 Å². The summed E-state index contributed by atoms with van der Waals surface area (Å²) < 4.78 is 0. The van der Waals surface area contributed by atoms with Gasteiger partial charge in [-0.3, -0.25) is 4.79 Å². The van der Waals surface area contributed by atoms with Gasteiger partial charge in [-0.15, -0.1) is 0 Å². The summed E-state index contributed by atoms with van der Waals surface area (Å²) in [4.78, 5) is 14.5. The zero-order chi connectivity index (χ0) is 11.9. The van der Waals surface area contributed by atoms with Gasteiger partial charge < -0.3 is 10.6 Å². The Morgan fingerprint density at radius 1 is 1.50 bits per heavy atom. The number of piperidine rings is 1. The molecule has 0 aromatic heterocycles. The Bertz CT molecular complexity index is 290. The van der Waals surface area contributed by atoms with Crippen LogP contribution >= 0.6 is 0 Å². The van der Waals surface area contributed by atoms with Crippen molar-refractivity contribution in [2.75, 3.05) is 13.1 Å². The Morgan fingerprint density at radius 2 is 2.19 bits per heavy atom. The lowest BCUT2D eigenvalue weighted by Gasteiger charge is -2.38. The summed E-state index contributed by atoms with van der Waals surface area (Å²) >= 11 is 0. The van der Waals surface area contributed by atoms with Crippen LogP contribution in [0.4, 0.5) is 0 Å². The maximum Gasteiger partial charge on any atom is 0.226 e. The highest BCUT2D eigenvalue weighted by Gasteiger charge is 2.60. The number of carbonyl (C=O) groups excluding carboxylic acids is 1. The first-order valence-corrected chi connectivity index (χ1v) is 6.54. The normalized spacial score (nSPS) is 34.8. The number of amides is 1. The molecule has 2 N–H and O–H groups in total. The molecule has 3 heteroatoms. The first kappa shape index (κ1) is 11.9. The van der Waals surface area contributed by atoms with E-state index in [1.165, 1.54) is 6.42 Å². The molecule has 1 saturated carbocycles. The molecule has 1 heterocycles. The Balaban J connectivity index is 2.11. The van der Waals surface area contributed by atoms with Gasteiger partial charge in [0.05, 0.1) is 5.54 Å². The molecule has 0 aromatic rings. The largest absolute Gasteiger partial charge is 0.335 e. The topological polar surface area (TPSA) is 46.3 Å². The predicted molar refractivity (Wildman–Crippen MR) is 64.8 cm³/mol. The molecule has 2 aliphatic rings. The predicted octanol–water partition coefficient (Wildman–Crippen LogP) is 1.62. The van der Waals surface area contributed by atoms with Crippen LogP contribution in [-0.2, 0) is 4.79 Å². The maximum absolute atomic E-state index is 12.4. The number of fused-ring (bicyclic) bond motifs is 1. The van der Waals surface area contributed by atoms with Gasteiger partial charge in [-0.05, 0) is 31.1 Å². The second-order valence-corrected chi connectivity index (χ2v) is 5.87. The summed E-state index contributed by atoms with van der Waals surface area (Å²) in [7, 11) is 0. The number of rotatable bonds is 3. The molecule has 2 rings (SSSR count). The highest BCUT2D eigenvalue weighted by Crippen LogP contribution is 2.53. The molecular formula is C13H24N2O. The van der Waals surface area contributed by atoms with Gasteiger partial charge in [0.25, 0.3) is 0 Å². The zero-order valence-corrected chi connectivity index (χ0v) is 10.7. The van der Waals surface area contributed by atoms with E-state index in [-0.39, 0.29) is 11.5 Å². The van der Waals surface area contributed by atoms with Gasteiger partial charge in [0.15, 0.2) is 0 Å². The minimum Gasteiger partial charge on any atom is -0.335 e. The molecule has 1 amide bonds. The number of carbonyl (C=O) groups is 1. The van der Waals surface area contributed by atoms with E-state index in [4.69, 9.17) is 5.73 Å². The molecule has 0 spiro atoms. The fourth-order valence-electron chi connectivity index (χ4n) is 3.01. The third kappa shape index (κ3) is 1.65. The van der Waals surface area contributed by atoms with Gasteiger partial charge in [0.1, 0.15) is 0 Å². The van der Waals surface area contributed by atoms with Crippen LogP contribution in [0.15, 0.2) is 0 Å². The van der Waals surface area contributed by atoms with Crippen LogP contribution in [0.3, 0.4) is 0 Å². The Labute approximate surface area is 98.4 Å². The SMILES string of the molecule is CC(C)C(C)C(=O)N1CCCC2CC21CN. The lowest BCUT2D eigenvalue weighted by atomic mass is 9.93. The lowest BCUT2D eigenvalue weighted by Crippen LogP contribution is -2.52. The Hall–Kier alpha value is -0.570. The smallest absolute Gasteiger partial charge is 0.226 e. The molecule has 3 nitrogen and oxygen atoms in total. The molecular weight excluding hydrogens is 200 g/mol. The van der Waals surface area contributed by atoms with Gasteiger partial charge in [0, 0.05) is 19.0 Å². The van der Waals surface area contributed by atoms with Crippen LogP contribution in [0.25, 0.3) is 0 Å². The third-order valence-corrected chi connectivity index (χ3v) is 4.68. The molecule has 16 heavy (non-hydrogen) atoms.